The second-order valence-corrected chi connectivity index (χ2v) is 9.44. The fourth-order valence-electron chi connectivity index (χ4n) is 2.41. The molecule has 2 aromatic carbocycles. The van der Waals surface area contributed by atoms with Crippen molar-refractivity contribution in [3.8, 4) is 0 Å². The van der Waals surface area contributed by atoms with E-state index in [-0.39, 0.29) is 0 Å². The zero-order chi connectivity index (χ0) is 19.5. The molecule has 2 aromatic rings. The number of anilines is 1. The van der Waals surface area contributed by atoms with Crippen LogP contribution in [0.3, 0.4) is 0 Å². The summed E-state index contributed by atoms with van der Waals surface area (Å²) in [4.78, 5) is 2.83. The molecule has 0 bridgehead atoms. The summed E-state index contributed by atoms with van der Waals surface area (Å²) in [5, 5.41) is 1.81. The van der Waals surface area contributed by atoms with Crippen LogP contribution in [0, 0.1) is 10.2 Å². The van der Waals surface area contributed by atoms with Gasteiger partial charge in [-0.1, -0.05) is 72.1 Å². The molecule has 1 aliphatic heterocycles. The van der Waals surface area contributed by atoms with Crippen molar-refractivity contribution in [3.63, 3.8) is 0 Å². The molecule has 0 spiro atoms. The van der Waals surface area contributed by atoms with Gasteiger partial charge in [0.25, 0.3) is 0 Å². The van der Waals surface area contributed by atoms with Crippen LogP contribution in [0.5, 0.6) is 0 Å². The van der Waals surface area contributed by atoms with Crippen molar-refractivity contribution in [2.75, 3.05) is 19.0 Å². The number of hydrogen-bond acceptors (Lipinski definition) is 7. The summed E-state index contributed by atoms with van der Waals surface area (Å²) >= 11 is 2.33. The average Bonchev–Trinajstić information content (AvgIpc) is 3.04. The van der Waals surface area contributed by atoms with Crippen LogP contribution in [0.2, 0.25) is 0 Å². The second kappa shape index (κ2) is 8.28. The first-order valence-electron chi connectivity index (χ1n) is 7.97. The van der Waals surface area contributed by atoms with E-state index >= 15 is 0 Å². The Morgan fingerprint density at radius 3 is 2.26 bits per heavy atom. The van der Waals surface area contributed by atoms with E-state index in [2.05, 4.69) is 0 Å². The molecule has 0 saturated carbocycles. The highest BCUT2D eigenvalue weighted by atomic mass is 35.7. The Kier molecular flexibility index (Phi) is 6.22. The first-order chi connectivity index (χ1) is 12.8. The molecule has 0 N–H and O–H groups in total. The Morgan fingerprint density at radius 2 is 1.67 bits per heavy atom. The molecule has 0 fully saturated rings. The predicted octanol–water partition coefficient (Wildman–Crippen LogP) is 1.81. The number of hydrogen-bond donors (Lipinski definition) is 0. The smallest absolute Gasteiger partial charge is 0.342 e. The second-order valence-electron chi connectivity index (χ2n) is 5.95. The van der Waals surface area contributed by atoms with Gasteiger partial charge < -0.3 is 4.90 Å². The summed E-state index contributed by atoms with van der Waals surface area (Å²) in [5.74, 6) is 0. The van der Waals surface area contributed by atoms with Crippen LogP contribution < -0.4 is 18.9 Å². The predicted molar refractivity (Wildman–Crippen MR) is 103 cm³/mol. The Hall–Kier alpha value is -1.45. The summed E-state index contributed by atoms with van der Waals surface area (Å²) in [6, 6.07) is 17.3. The van der Waals surface area contributed by atoms with Gasteiger partial charge in [0, 0.05) is 24.7 Å². The lowest BCUT2D eigenvalue weighted by Crippen LogP contribution is -2.63. The molecule has 0 aliphatic carbocycles. The van der Waals surface area contributed by atoms with E-state index in [1.165, 1.54) is 11.8 Å². The van der Waals surface area contributed by atoms with Gasteiger partial charge in [0.15, 0.2) is 0 Å². The number of benzene rings is 2. The molecule has 0 radical (unpaired) electrons. The first kappa shape index (κ1) is 20.3. The van der Waals surface area contributed by atoms with Crippen LogP contribution in [0.25, 0.3) is 11.0 Å². The lowest BCUT2D eigenvalue weighted by Gasteiger charge is -2.22. The lowest BCUT2D eigenvalue weighted by atomic mass is 10.2. The number of rotatable bonds is 6. The van der Waals surface area contributed by atoms with E-state index in [0.717, 1.165) is 33.5 Å². The third kappa shape index (κ3) is 5.52. The van der Waals surface area contributed by atoms with Crippen molar-refractivity contribution in [2.24, 2.45) is 0 Å². The van der Waals surface area contributed by atoms with E-state index in [1.807, 2.05) is 73.6 Å². The van der Waals surface area contributed by atoms with Crippen LogP contribution in [0.1, 0.15) is 11.1 Å². The average molecular weight is 424 g/mol. The van der Waals surface area contributed by atoms with Crippen molar-refractivity contribution in [1.82, 2.24) is 0 Å². The molecule has 1 aliphatic rings. The van der Waals surface area contributed by atoms with Gasteiger partial charge in [-0.2, -0.15) is 14.0 Å². The number of nitrogens with zero attached hydrogens (tertiary/aromatic N) is 1. The standard InChI is InChI=1S/C19H18ClNO4S2/c1-21(2)17-10-8-15(9-11-17)12-13-19(25-20(22,23)24)26-14-18(27-19)16-6-4-3-5-7-16/h3-14H,1-2H3/b13-12+. The van der Waals surface area contributed by atoms with Gasteiger partial charge >= 0.3 is 4.27 Å². The van der Waals surface area contributed by atoms with Gasteiger partial charge in [-0.3, -0.25) is 0 Å². The highest BCUT2D eigenvalue weighted by Crippen LogP contribution is 2.55. The van der Waals surface area contributed by atoms with E-state index < -0.39 is 14.5 Å². The normalized spacial score (nSPS) is 20.1. The Bertz CT molecular complexity index is 835. The Balaban J connectivity index is 1.82. The molecule has 0 amide bonds. The van der Waals surface area contributed by atoms with E-state index in [1.54, 1.807) is 17.6 Å². The van der Waals surface area contributed by atoms with Gasteiger partial charge in [0.2, 0.25) is 0 Å². The maximum absolute atomic E-state index is 11.3. The lowest BCUT2D eigenvalue weighted by molar-refractivity contribution is -1.92. The molecule has 1 unspecified atom stereocenters. The molecule has 0 saturated heterocycles. The Labute approximate surface area is 169 Å². The first-order valence-corrected chi connectivity index (χ1v) is 10.9. The van der Waals surface area contributed by atoms with Crippen molar-refractivity contribution in [1.29, 1.82) is 0 Å². The van der Waals surface area contributed by atoms with Crippen LogP contribution in [-0.4, -0.2) is 18.4 Å². The molecule has 1 atom stereocenters. The molecule has 142 valence electrons. The fraction of sp³-hybridized carbons (Fsp3) is 0.158. The van der Waals surface area contributed by atoms with Gasteiger partial charge in [-0.05, 0) is 34.7 Å². The molecule has 1 heterocycles. The van der Waals surface area contributed by atoms with Crippen molar-refractivity contribution in [3.05, 3.63) is 77.2 Å². The third-order valence-electron chi connectivity index (χ3n) is 3.73. The third-order valence-corrected chi connectivity index (χ3v) is 7.01. The van der Waals surface area contributed by atoms with Crippen LogP contribution in [0.15, 0.2) is 66.1 Å². The molecular weight excluding hydrogens is 406 g/mol. The highest BCUT2D eigenvalue weighted by molar-refractivity contribution is 8.27. The summed E-state index contributed by atoms with van der Waals surface area (Å²) in [6.45, 7) is 0. The Morgan fingerprint density at radius 1 is 1.00 bits per heavy atom. The summed E-state index contributed by atoms with van der Waals surface area (Å²) < 4.78 is 37.3. The maximum atomic E-state index is 11.3. The molecule has 0 aromatic heterocycles. The summed E-state index contributed by atoms with van der Waals surface area (Å²) in [6.07, 6.45) is 3.35. The number of halogens is 1. The zero-order valence-electron chi connectivity index (χ0n) is 14.7. The SMILES string of the molecule is CN(C)c1ccc(/C=C/C2(O[Cl+3]([O-])([O-])[O-])SC=C(c3ccccc3)S2)cc1. The van der Waals surface area contributed by atoms with Crippen molar-refractivity contribution < 1.29 is 28.5 Å². The fourth-order valence-corrected chi connectivity index (χ4v) is 5.66. The highest BCUT2D eigenvalue weighted by Gasteiger charge is 2.49. The quantitative estimate of drug-likeness (QED) is 0.700. The molecule has 27 heavy (non-hydrogen) atoms. The zero-order valence-corrected chi connectivity index (χ0v) is 17.1. The molecule has 8 heteroatoms. The van der Waals surface area contributed by atoms with E-state index in [4.69, 9.17) is 4.29 Å². The van der Waals surface area contributed by atoms with Gasteiger partial charge in [-0.15, -0.1) is 0 Å². The summed E-state index contributed by atoms with van der Waals surface area (Å²) in [7, 11) is -0.675. The van der Waals surface area contributed by atoms with Gasteiger partial charge in [-0.25, -0.2) is 0 Å². The van der Waals surface area contributed by atoms with Crippen LogP contribution >= 0.6 is 23.5 Å². The van der Waals surface area contributed by atoms with Gasteiger partial charge in [0.05, 0.1) is 10.2 Å². The van der Waals surface area contributed by atoms with E-state index in [9.17, 15) is 14.0 Å². The van der Waals surface area contributed by atoms with E-state index in [0.29, 0.717) is 0 Å². The monoisotopic (exact) mass is 423 g/mol. The maximum Gasteiger partial charge on any atom is 0.342 e. The molecular formula is C19H18ClNO4S2. The van der Waals surface area contributed by atoms with Crippen LogP contribution in [-0.2, 0) is 4.29 Å². The topological polar surface area (TPSA) is 81.7 Å². The van der Waals surface area contributed by atoms with Gasteiger partial charge in [0.1, 0.15) is 4.29 Å². The van der Waals surface area contributed by atoms with Crippen LogP contribution in [0.4, 0.5) is 5.69 Å². The minimum absolute atomic E-state index is 0.840. The van der Waals surface area contributed by atoms with Crippen molar-refractivity contribution in [2.45, 2.75) is 4.27 Å². The number of thioether (sulfide) groups is 2. The molecule has 3 rings (SSSR count). The minimum atomic E-state index is -4.58. The van der Waals surface area contributed by atoms with Crippen molar-refractivity contribution >= 4 is 40.2 Å². The molecule has 5 nitrogen and oxygen atoms in total. The minimum Gasteiger partial charge on any atom is -0.378 e. The largest absolute Gasteiger partial charge is 0.378 e. The summed E-state index contributed by atoms with van der Waals surface area (Å²) in [5.41, 5.74) is 2.86.